The third-order valence-electron chi connectivity index (χ3n) is 1.15. The molecule has 62 valence electrons. The van der Waals surface area contributed by atoms with Gasteiger partial charge in [-0.15, -0.1) is 0 Å². The second-order valence-corrected chi connectivity index (χ2v) is 2.44. The maximum atomic E-state index is 11.9. The standard InChI is InChI=1S/C7H4ClF3.Zn/c8-6-3-1-2-5(4-6)7(9,10)11;/h1-4H;. The Morgan fingerprint density at radius 1 is 1.17 bits per heavy atom. The molecule has 1 aromatic rings. The molecule has 0 aliphatic rings. The first-order valence-corrected chi connectivity index (χ1v) is 3.21. The summed E-state index contributed by atoms with van der Waals surface area (Å²) in [5, 5.41) is 0.0971. The van der Waals surface area contributed by atoms with E-state index < -0.39 is 11.7 Å². The van der Waals surface area contributed by atoms with E-state index in [0.29, 0.717) is 0 Å². The van der Waals surface area contributed by atoms with E-state index in [9.17, 15) is 13.2 Å². The monoisotopic (exact) mass is 244 g/mol. The Morgan fingerprint density at radius 2 is 1.75 bits per heavy atom. The van der Waals surface area contributed by atoms with Crippen molar-refractivity contribution in [3.8, 4) is 0 Å². The minimum absolute atomic E-state index is 0. The number of alkyl halides is 3. The predicted octanol–water partition coefficient (Wildman–Crippen LogP) is 3.36. The van der Waals surface area contributed by atoms with Gasteiger partial charge in [-0.2, -0.15) is 13.2 Å². The summed E-state index contributed by atoms with van der Waals surface area (Å²) < 4.78 is 35.7. The molecule has 0 aromatic heterocycles. The fourth-order valence-corrected chi connectivity index (χ4v) is 0.855. The van der Waals surface area contributed by atoms with Gasteiger partial charge >= 0.3 is 6.18 Å². The molecule has 0 amide bonds. The van der Waals surface area contributed by atoms with Crippen molar-refractivity contribution in [3.05, 3.63) is 34.9 Å². The van der Waals surface area contributed by atoms with Crippen LogP contribution in [-0.2, 0) is 25.7 Å². The number of rotatable bonds is 0. The van der Waals surface area contributed by atoms with Gasteiger partial charge in [0, 0.05) is 24.5 Å². The fraction of sp³-hybridized carbons (Fsp3) is 0.143. The van der Waals surface area contributed by atoms with Crippen molar-refractivity contribution in [1.82, 2.24) is 0 Å². The van der Waals surface area contributed by atoms with E-state index in [0.717, 1.165) is 12.1 Å². The van der Waals surface area contributed by atoms with Gasteiger partial charge in [-0.25, -0.2) is 0 Å². The molecule has 0 fully saturated rings. The van der Waals surface area contributed by atoms with Crippen LogP contribution in [0.3, 0.4) is 0 Å². The van der Waals surface area contributed by atoms with Crippen molar-refractivity contribution < 1.29 is 32.6 Å². The Bertz CT molecular complexity index is 259. The van der Waals surface area contributed by atoms with Gasteiger partial charge in [0.1, 0.15) is 0 Å². The topological polar surface area (TPSA) is 0 Å². The van der Waals surface area contributed by atoms with Gasteiger partial charge in [-0.1, -0.05) is 17.7 Å². The van der Waals surface area contributed by atoms with Crippen molar-refractivity contribution in [2.45, 2.75) is 6.18 Å². The molecular formula is C7H4ClF3Zn. The van der Waals surface area contributed by atoms with Gasteiger partial charge < -0.3 is 0 Å². The Labute approximate surface area is 85.5 Å². The zero-order chi connectivity index (χ0) is 8.48. The van der Waals surface area contributed by atoms with Crippen molar-refractivity contribution >= 4 is 11.6 Å². The third-order valence-corrected chi connectivity index (χ3v) is 1.39. The Kier molecular flexibility index (Phi) is 4.22. The molecule has 0 heterocycles. The van der Waals surface area contributed by atoms with E-state index in [1.165, 1.54) is 12.1 Å². The molecule has 0 saturated carbocycles. The number of halogens is 4. The Hall–Kier alpha value is -0.0766. The van der Waals surface area contributed by atoms with E-state index in [1.54, 1.807) is 0 Å². The van der Waals surface area contributed by atoms with Gasteiger partial charge in [0.25, 0.3) is 0 Å². The van der Waals surface area contributed by atoms with E-state index in [-0.39, 0.29) is 24.5 Å². The third kappa shape index (κ3) is 3.12. The number of hydrogen-bond donors (Lipinski definition) is 0. The van der Waals surface area contributed by atoms with Crippen LogP contribution in [0.15, 0.2) is 24.3 Å². The van der Waals surface area contributed by atoms with Crippen molar-refractivity contribution in [1.29, 1.82) is 0 Å². The normalized spacial score (nSPS) is 10.7. The van der Waals surface area contributed by atoms with E-state index in [4.69, 9.17) is 11.6 Å². The fourth-order valence-electron chi connectivity index (χ4n) is 0.665. The zero-order valence-electron chi connectivity index (χ0n) is 6.03. The van der Waals surface area contributed by atoms with Crippen LogP contribution in [0, 0.1) is 0 Å². The zero-order valence-corrected chi connectivity index (χ0v) is 9.75. The number of benzene rings is 1. The molecule has 0 aliphatic heterocycles. The molecule has 0 aliphatic carbocycles. The molecule has 5 heteroatoms. The Balaban J connectivity index is 0.00000121. The first-order valence-electron chi connectivity index (χ1n) is 2.83. The molecular weight excluding hydrogens is 242 g/mol. The molecule has 0 saturated heterocycles. The summed E-state index contributed by atoms with van der Waals surface area (Å²) in [4.78, 5) is 0. The quantitative estimate of drug-likeness (QED) is 0.615. The first kappa shape index (κ1) is 11.9. The van der Waals surface area contributed by atoms with Crippen LogP contribution in [0.2, 0.25) is 5.02 Å². The molecule has 0 radical (unpaired) electrons. The van der Waals surface area contributed by atoms with Gasteiger partial charge in [-0.05, 0) is 18.2 Å². The SMILES string of the molecule is FC(F)(F)c1cccc(Cl)c1.[Zn]. The van der Waals surface area contributed by atoms with Crippen LogP contribution < -0.4 is 0 Å². The van der Waals surface area contributed by atoms with E-state index >= 15 is 0 Å². The van der Waals surface area contributed by atoms with Gasteiger partial charge in [-0.3, -0.25) is 0 Å². The molecule has 0 atom stereocenters. The van der Waals surface area contributed by atoms with Crippen molar-refractivity contribution in [2.75, 3.05) is 0 Å². The van der Waals surface area contributed by atoms with Crippen LogP contribution in [0.4, 0.5) is 13.2 Å². The van der Waals surface area contributed by atoms with E-state index in [2.05, 4.69) is 0 Å². The molecule has 0 unspecified atom stereocenters. The molecule has 0 N–H and O–H groups in total. The minimum atomic E-state index is -4.30. The van der Waals surface area contributed by atoms with Gasteiger partial charge in [0.15, 0.2) is 0 Å². The second kappa shape index (κ2) is 4.24. The Morgan fingerprint density at radius 3 is 2.08 bits per heavy atom. The molecule has 1 aromatic carbocycles. The molecule has 1 rings (SSSR count). The second-order valence-electron chi connectivity index (χ2n) is 2.01. The van der Waals surface area contributed by atoms with E-state index in [1.807, 2.05) is 0 Å². The smallest absolute Gasteiger partial charge is 0.166 e. The van der Waals surface area contributed by atoms with Crippen molar-refractivity contribution in [2.24, 2.45) is 0 Å². The van der Waals surface area contributed by atoms with Crippen LogP contribution in [0.5, 0.6) is 0 Å². The summed E-state index contributed by atoms with van der Waals surface area (Å²) in [6.45, 7) is 0. The molecule has 0 nitrogen and oxygen atoms in total. The van der Waals surface area contributed by atoms with Crippen LogP contribution in [-0.4, -0.2) is 0 Å². The van der Waals surface area contributed by atoms with Gasteiger partial charge in [0.05, 0.1) is 5.56 Å². The van der Waals surface area contributed by atoms with Crippen LogP contribution in [0.25, 0.3) is 0 Å². The summed E-state index contributed by atoms with van der Waals surface area (Å²) in [5.74, 6) is 0. The predicted molar refractivity (Wildman–Crippen MR) is 36.5 cm³/mol. The molecule has 12 heavy (non-hydrogen) atoms. The minimum Gasteiger partial charge on any atom is -0.166 e. The average Bonchev–Trinajstić information content (AvgIpc) is 1.86. The molecule has 0 bridgehead atoms. The number of hydrogen-bond acceptors (Lipinski definition) is 0. The van der Waals surface area contributed by atoms with Crippen molar-refractivity contribution in [3.63, 3.8) is 0 Å². The molecule has 0 spiro atoms. The van der Waals surface area contributed by atoms with Crippen LogP contribution in [0.1, 0.15) is 5.56 Å². The summed E-state index contributed by atoms with van der Waals surface area (Å²) >= 11 is 5.35. The summed E-state index contributed by atoms with van der Waals surface area (Å²) in [5.41, 5.74) is -0.718. The summed E-state index contributed by atoms with van der Waals surface area (Å²) in [6, 6.07) is 4.54. The summed E-state index contributed by atoms with van der Waals surface area (Å²) in [6.07, 6.45) is -4.30. The largest absolute Gasteiger partial charge is 0.416 e. The van der Waals surface area contributed by atoms with Crippen LogP contribution >= 0.6 is 11.6 Å². The maximum Gasteiger partial charge on any atom is 0.416 e. The summed E-state index contributed by atoms with van der Waals surface area (Å²) in [7, 11) is 0. The maximum absolute atomic E-state index is 11.9. The first-order chi connectivity index (χ1) is 5.00. The van der Waals surface area contributed by atoms with Gasteiger partial charge in [0.2, 0.25) is 0 Å². The average molecular weight is 246 g/mol.